The van der Waals surface area contributed by atoms with Gasteiger partial charge in [0.2, 0.25) is 5.91 Å². The van der Waals surface area contributed by atoms with E-state index in [1.807, 2.05) is 36.5 Å². The van der Waals surface area contributed by atoms with E-state index in [-0.39, 0.29) is 17.6 Å². The number of ether oxygens (including phenoxy) is 2. The maximum atomic E-state index is 12.3. The van der Waals surface area contributed by atoms with Crippen molar-refractivity contribution < 1.29 is 14.3 Å². The lowest BCUT2D eigenvalue weighted by atomic mass is 9.73. The maximum Gasteiger partial charge on any atom is 0.223 e. The summed E-state index contributed by atoms with van der Waals surface area (Å²) in [6.07, 6.45) is 8.01. The second-order valence-corrected chi connectivity index (χ2v) is 8.19. The predicted molar refractivity (Wildman–Crippen MR) is 108 cm³/mol. The quantitative estimate of drug-likeness (QED) is 0.775. The van der Waals surface area contributed by atoms with E-state index in [1.165, 1.54) is 0 Å². The number of amides is 1. The Morgan fingerprint density at radius 3 is 3.03 bits per heavy atom. The zero-order chi connectivity index (χ0) is 19.7. The van der Waals surface area contributed by atoms with Gasteiger partial charge in [0.15, 0.2) is 0 Å². The third-order valence-electron chi connectivity index (χ3n) is 6.53. The summed E-state index contributed by atoms with van der Waals surface area (Å²) in [5.74, 6) is 2.50. The monoisotopic (exact) mass is 394 g/mol. The molecule has 2 aromatic rings. The van der Waals surface area contributed by atoms with E-state index < -0.39 is 0 Å². The van der Waals surface area contributed by atoms with Gasteiger partial charge in [0.1, 0.15) is 11.6 Å². The molecule has 1 N–H and O–H groups in total. The lowest BCUT2D eigenvalue weighted by Gasteiger charge is -2.29. The molecule has 0 unspecified atom stereocenters. The van der Waals surface area contributed by atoms with E-state index >= 15 is 0 Å². The first kappa shape index (κ1) is 18.4. The number of nitrogens with one attached hydrogen (secondary N) is 1. The van der Waals surface area contributed by atoms with Crippen molar-refractivity contribution >= 4 is 11.7 Å². The minimum Gasteiger partial charge on any atom is -0.493 e. The van der Waals surface area contributed by atoms with Crippen LogP contribution in [0.4, 0.5) is 5.82 Å². The van der Waals surface area contributed by atoms with Crippen molar-refractivity contribution in [3.63, 3.8) is 0 Å². The number of carbonyl (C=O) groups is 1. The zero-order valence-electron chi connectivity index (χ0n) is 16.4. The Hall–Kier alpha value is -2.67. The molecular weight excluding hydrogens is 368 g/mol. The predicted octanol–water partition coefficient (Wildman–Crippen LogP) is 2.05. The Balaban J connectivity index is 1.14. The Bertz CT molecular complexity index is 850. The van der Waals surface area contributed by atoms with Gasteiger partial charge in [0.25, 0.3) is 0 Å². The molecule has 152 valence electrons. The van der Waals surface area contributed by atoms with Crippen LogP contribution in [0.25, 0.3) is 0 Å². The summed E-state index contributed by atoms with van der Waals surface area (Å²) in [5, 5.41) is 3.11. The minimum atomic E-state index is -0.0893. The zero-order valence-corrected chi connectivity index (χ0v) is 16.4. The molecule has 0 saturated carbocycles. The Kier molecular flexibility index (Phi) is 4.83. The minimum absolute atomic E-state index is 0.0292. The molecule has 1 spiro atoms. The highest BCUT2D eigenvalue weighted by atomic mass is 16.5. The molecule has 1 aromatic heterocycles. The number of aromatic nitrogens is 2. The van der Waals surface area contributed by atoms with E-state index in [1.54, 1.807) is 12.4 Å². The molecule has 4 atom stereocenters. The summed E-state index contributed by atoms with van der Waals surface area (Å²) >= 11 is 0. The number of fused-ring (bicyclic) bond motifs is 1. The first-order valence-corrected chi connectivity index (χ1v) is 10.4. The molecule has 0 radical (unpaired) electrons. The Morgan fingerprint density at radius 1 is 1.31 bits per heavy atom. The Morgan fingerprint density at radius 2 is 2.21 bits per heavy atom. The molecule has 7 heteroatoms. The molecular formula is C22H26N4O3. The molecule has 3 fully saturated rings. The molecule has 2 bridgehead atoms. The highest BCUT2D eigenvalue weighted by Crippen LogP contribution is 2.55. The van der Waals surface area contributed by atoms with Gasteiger partial charge >= 0.3 is 0 Å². The smallest absolute Gasteiger partial charge is 0.223 e. The van der Waals surface area contributed by atoms with Crippen LogP contribution in [0.2, 0.25) is 0 Å². The molecule has 29 heavy (non-hydrogen) atoms. The van der Waals surface area contributed by atoms with Crippen LogP contribution in [0.1, 0.15) is 19.3 Å². The topological polar surface area (TPSA) is 76.6 Å². The van der Waals surface area contributed by atoms with Crippen LogP contribution in [-0.4, -0.2) is 53.8 Å². The van der Waals surface area contributed by atoms with E-state index in [2.05, 4.69) is 20.2 Å². The van der Waals surface area contributed by atoms with Crippen molar-refractivity contribution in [3.05, 3.63) is 48.9 Å². The number of hydrogen-bond donors (Lipinski definition) is 1. The number of para-hydroxylation sites is 1. The van der Waals surface area contributed by atoms with Gasteiger partial charge in [-0.3, -0.25) is 9.78 Å². The van der Waals surface area contributed by atoms with Gasteiger partial charge in [-0.15, -0.1) is 0 Å². The van der Waals surface area contributed by atoms with Gasteiger partial charge in [0, 0.05) is 43.9 Å². The molecule has 3 aliphatic heterocycles. The summed E-state index contributed by atoms with van der Waals surface area (Å²) in [5.41, 5.74) is -0.0893. The van der Waals surface area contributed by atoms with Gasteiger partial charge < -0.3 is 19.7 Å². The standard InChI is InChI=1S/C22H26N4O3/c27-21(7-11-28-16-4-2-1-3-5-16)25-12-17-18-14-26(20-13-23-9-10-24-20)15-22(18)8-6-19(17)29-22/h1-5,9-10,13,17-19H,6-8,11-12,14-15H2,(H,25,27)/t17-,18+,19+,22+/m0/s1. The highest BCUT2D eigenvalue weighted by molar-refractivity contribution is 5.76. The number of carbonyl (C=O) groups excluding carboxylic acids is 1. The van der Waals surface area contributed by atoms with E-state index in [4.69, 9.17) is 9.47 Å². The maximum absolute atomic E-state index is 12.3. The van der Waals surface area contributed by atoms with Gasteiger partial charge in [0.05, 0.1) is 30.9 Å². The molecule has 3 saturated heterocycles. The molecule has 4 heterocycles. The normalized spacial score (nSPS) is 29.7. The number of rotatable bonds is 7. The van der Waals surface area contributed by atoms with Gasteiger partial charge in [-0.2, -0.15) is 0 Å². The molecule has 3 aliphatic rings. The van der Waals surface area contributed by atoms with Crippen LogP contribution in [-0.2, 0) is 9.53 Å². The van der Waals surface area contributed by atoms with Crippen molar-refractivity contribution in [1.29, 1.82) is 0 Å². The van der Waals surface area contributed by atoms with Crippen LogP contribution < -0.4 is 15.0 Å². The fraction of sp³-hybridized carbons (Fsp3) is 0.500. The van der Waals surface area contributed by atoms with Crippen LogP contribution in [0.15, 0.2) is 48.9 Å². The molecule has 7 nitrogen and oxygen atoms in total. The molecule has 1 aromatic carbocycles. The van der Waals surface area contributed by atoms with Crippen LogP contribution >= 0.6 is 0 Å². The summed E-state index contributed by atoms with van der Waals surface area (Å²) in [7, 11) is 0. The summed E-state index contributed by atoms with van der Waals surface area (Å²) in [4.78, 5) is 23.2. The first-order chi connectivity index (χ1) is 14.2. The van der Waals surface area contributed by atoms with Crippen molar-refractivity contribution in [3.8, 4) is 5.75 Å². The third-order valence-corrected chi connectivity index (χ3v) is 6.53. The lowest BCUT2D eigenvalue weighted by Crippen LogP contribution is -2.42. The average molecular weight is 394 g/mol. The number of hydrogen-bond acceptors (Lipinski definition) is 6. The molecule has 1 amide bonds. The fourth-order valence-corrected chi connectivity index (χ4v) is 5.19. The van der Waals surface area contributed by atoms with Crippen molar-refractivity contribution in [2.75, 3.05) is 31.1 Å². The fourth-order valence-electron chi connectivity index (χ4n) is 5.19. The first-order valence-electron chi connectivity index (χ1n) is 10.4. The molecule has 5 rings (SSSR count). The number of benzene rings is 1. The summed E-state index contributed by atoms with van der Waals surface area (Å²) in [6.45, 7) is 2.82. The lowest BCUT2D eigenvalue weighted by molar-refractivity contribution is -0.121. The van der Waals surface area contributed by atoms with Gasteiger partial charge in [-0.25, -0.2) is 4.98 Å². The van der Waals surface area contributed by atoms with Crippen molar-refractivity contribution in [2.24, 2.45) is 11.8 Å². The average Bonchev–Trinajstić information content (AvgIpc) is 3.42. The van der Waals surface area contributed by atoms with Crippen LogP contribution in [0, 0.1) is 11.8 Å². The summed E-state index contributed by atoms with van der Waals surface area (Å²) < 4.78 is 12.1. The largest absolute Gasteiger partial charge is 0.493 e. The van der Waals surface area contributed by atoms with Gasteiger partial charge in [-0.1, -0.05) is 18.2 Å². The van der Waals surface area contributed by atoms with E-state index in [9.17, 15) is 4.79 Å². The Labute approximate surface area is 170 Å². The second-order valence-electron chi connectivity index (χ2n) is 8.19. The highest BCUT2D eigenvalue weighted by Gasteiger charge is 2.63. The molecule has 0 aliphatic carbocycles. The SMILES string of the molecule is O=C(CCOc1ccccc1)NC[C@H]1[C@H]2CN(c3cnccn3)C[C@]23CC[C@H]1O3. The summed E-state index contributed by atoms with van der Waals surface area (Å²) in [6, 6.07) is 9.58. The second kappa shape index (κ2) is 7.63. The third kappa shape index (κ3) is 3.55. The van der Waals surface area contributed by atoms with Gasteiger partial charge in [-0.05, 0) is 25.0 Å². The van der Waals surface area contributed by atoms with E-state index in [0.717, 1.165) is 37.5 Å². The van der Waals surface area contributed by atoms with Crippen LogP contribution in [0.3, 0.4) is 0 Å². The van der Waals surface area contributed by atoms with Crippen LogP contribution in [0.5, 0.6) is 5.75 Å². The van der Waals surface area contributed by atoms with Crippen molar-refractivity contribution in [2.45, 2.75) is 31.0 Å². The number of anilines is 1. The van der Waals surface area contributed by atoms with Crippen molar-refractivity contribution in [1.82, 2.24) is 15.3 Å². The van der Waals surface area contributed by atoms with E-state index in [0.29, 0.717) is 31.4 Å². The number of nitrogens with zero attached hydrogens (tertiary/aromatic N) is 3.